The molecular weight excluding hydrogens is 305 g/mol. The SMILES string of the molecule is Cc1ocnc1CSCc1c(F)cccc1Br. The molecule has 1 aromatic carbocycles. The summed E-state index contributed by atoms with van der Waals surface area (Å²) in [5, 5.41) is 0. The number of hydrogen-bond acceptors (Lipinski definition) is 3. The van der Waals surface area contributed by atoms with Gasteiger partial charge in [0.1, 0.15) is 11.6 Å². The second kappa shape index (κ2) is 5.69. The standard InChI is InChI=1S/C12H11BrFNOS/c1-8-12(15-7-16-8)6-17-5-9-10(13)3-2-4-11(9)14/h2-4,7H,5-6H2,1H3. The van der Waals surface area contributed by atoms with Gasteiger partial charge in [0.2, 0.25) is 0 Å². The Bertz CT molecular complexity index is 495. The summed E-state index contributed by atoms with van der Waals surface area (Å²) >= 11 is 4.97. The van der Waals surface area contributed by atoms with Gasteiger partial charge in [-0.15, -0.1) is 0 Å². The summed E-state index contributed by atoms with van der Waals surface area (Å²) in [4.78, 5) is 4.10. The van der Waals surface area contributed by atoms with Crippen molar-refractivity contribution in [2.45, 2.75) is 18.4 Å². The summed E-state index contributed by atoms with van der Waals surface area (Å²) in [5.74, 6) is 1.98. The van der Waals surface area contributed by atoms with E-state index in [0.717, 1.165) is 21.7 Å². The molecule has 5 heteroatoms. The lowest BCUT2D eigenvalue weighted by Gasteiger charge is -2.05. The van der Waals surface area contributed by atoms with Crippen LogP contribution in [-0.4, -0.2) is 4.98 Å². The van der Waals surface area contributed by atoms with Gasteiger partial charge in [-0.3, -0.25) is 0 Å². The Kier molecular flexibility index (Phi) is 4.23. The van der Waals surface area contributed by atoms with E-state index in [1.54, 1.807) is 17.8 Å². The molecule has 90 valence electrons. The largest absolute Gasteiger partial charge is 0.448 e. The zero-order chi connectivity index (χ0) is 12.3. The first-order valence-electron chi connectivity index (χ1n) is 5.08. The summed E-state index contributed by atoms with van der Waals surface area (Å²) in [5.41, 5.74) is 1.61. The van der Waals surface area contributed by atoms with Crippen LogP contribution in [0, 0.1) is 12.7 Å². The molecule has 0 saturated carbocycles. The van der Waals surface area contributed by atoms with Crippen LogP contribution in [0.1, 0.15) is 17.0 Å². The minimum atomic E-state index is -0.177. The molecule has 2 aromatic rings. The number of thioether (sulfide) groups is 1. The number of rotatable bonds is 4. The molecule has 0 aliphatic heterocycles. The Morgan fingerprint density at radius 3 is 2.88 bits per heavy atom. The van der Waals surface area contributed by atoms with Crippen molar-refractivity contribution in [3.63, 3.8) is 0 Å². The van der Waals surface area contributed by atoms with Crippen molar-refractivity contribution in [2.75, 3.05) is 0 Å². The molecule has 0 saturated heterocycles. The Balaban J connectivity index is 1.97. The van der Waals surface area contributed by atoms with Crippen molar-refractivity contribution in [3.05, 3.63) is 51.9 Å². The predicted molar refractivity (Wildman–Crippen MR) is 70.3 cm³/mol. The number of halogens is 2. The lowest BCUT2D eigenvalue weighted by Crippen LogP contribution is -1.91. The molecule has 0 unspecified atom stereocenters. The Hall–Kier alpha value is -0.810. The van der Waals surface area contributed by atoms with Gasteiger partial charge in [-0.1, -0.05) is 22.0 Å². The van der Waals surface area contributed by atoms with E-state index in [9.17, 15) is 4.39 Å². The third-order valence-electron chi connectivity index (χ3n) is 2.39. The van der Waals surface area contributed by atoms with Gasteiger partial charge in [0.15, 0.2) is 6.39 Å². The molecule has 1 aromatic heterocycles. The van der Waals surface area contributed by atoms with Crippen LogP contribution in [0.4, 0.5) is 4.39 Å². The molecule has 0 aliphatic rings. The van der Waals surface area contributed by atoms with Crippen LogP contribution in [0.3, 0.4) is 0 Å². The molecule has 0 aliphatic carbocycles. The number of aryl methyl sites for hydroxylation is 1. The van der Waals surface area contributed by atoms with E-state index in [0.29, 0.717) is 11.3 Å². The summed E-state index contributed by atoms with van der Waals surface area (Å²) < 4.78 is 19.4. The van der Waals surface area contributed by atoms with E-state index in [1.807, 2.05) is 13.0 Å². The monoisotopic (exact) mass is 315 g/mol. The van der Waals surface area contributed by atoms with Crippen molar-refractivity contribution in [3.8, 4) is 0 Å². The van der Waals surface area contributed by atoms with Gasteiger partial charge in [-0.25, -0.2) is 9.37 Å². The minimum Gasteiger partial charge on any atom is -0.448 e. The lowest BCUT2D eigenvalue weighted by atomic mass is 10.2. The molecule has 0 N–H and O–H groups in total. The van der Waals surface area contributed by atoms with Crippen molar-refractivity contribution >= 4 is 27.7 Å². The number of oxazole rings is 1. The van der Waals surface area contributed by atoms with Crippen LogP contribution in [0.5, 0.6) is 0 Å². The van der Waals surface area contributed by atoms with Crippen molar-refractivity contribution in [2.24, 2.45) is 0 Å². The fourth-order valence-electron chi connectivity index (χ4n) is 1.39. The maximum atomic E-state index is 13.5. The van der Waals surface area contributed by atoms with E-state index >= 15 is 0 Å². The molecule has 2 rings (SSSR count). The maximum Gasteiger partial charge on any atom is 0.181 e. The third-order valence-corrected chi connectivity index (χ3v) is 4.10. The number of aromatic nitrogens is 1. The highest BCUT2D eigenvalue weighted by Gasteiger charge is 2.08. The van der Waals surface area contributed by atoms with Crippen LogP contribution in [0.15, 0.2) is 33.5 Å². The molecule has 2 nitrogen and oxygen atoms in total. The molecule has 1 heterocycles. The summed E-state index contributed by atoms with van der Waals surface area (Å²) in [6.07, 6.45) is 1.43. The molecule has 0 bridgehead atoms. The zero-order valence-electron chi connectivity index (χ0n) is 9.24. The first-order chi connectivity index (χ1) is 8.18. The third kappa shape index (κ3) is 3.10. The Morgan fingerprint density at radius 1 is 1.41 bits per heavy atom. The topological polar surface area (TPSA) is 26.0 Å². The molecule has 0 atom stereocenters. The van der Waals surface area contributed by atoms with Gasteiger partial charge < -0.3 is 4.42 Å². The van der Waals surface area contributed by atoms with E-state index in [1.165, 1.54) is 12.5 Å². The van der Waals surface area contributed by atoms with Gasteiger partial charge in [0.25, 0.3) is 0 Å². The highest BCUT2D eigenvalue weighted by Crippen LogP contribution is 2.26. The van der Waals surface area contributed by atoms with Crippen LogP contribution in [0.25, 0.3) is 0 Å². The Morgan fingerprint density at radius 2 is 2.24 bits per heavy atom. The van der Waals surface area contributed by atoms with Gasteiger partial charge in [-0.05, 0) is 19.1 Å². The van der Waals surface area contributed by atoms with E-state index in [-0.39, 0.29) is 5.82 Å². The number of benzene rings is 1. The highest BCUT2D eigenvalue weighted by molar-refractivity contribution is 9.10. The van der Waals surface area contributed by atoms with Gasteiger partial charge in [-0.2, -0.15) is 11.8 Å². The number of nitrogens with zero attached hydrogens (tertiary/aromatic N) is 1. The van der Waals surface area contributed by atoms with Crippen molar-refractivity contribution in [1.29, 1.82) is 0 Å². The molecule has 0 amide bonds. The van der Waals surface area contributed by atoms with Crippen LogP contribution < -0.4 is 0 Å². The Labute approximate surface area is 112 Å². The van der Waals surface area contributed by atoms with Crippen LogP contribution >= 0.6 is 27.7 Å². The first kappa shape index (κ1) is 12.6. The second-order valence-corrected chi connectivity index (χ2v) is 5.39. The smallest absolute Gasteiger partial charge is 0.181 e. The summed E-state index contributed by atoms with van der Waals surface area (Å²) in [7, 11) is 0. The molecule has 0 spiro atoms. The van der Waals surface area contributed by atoms with Crippen LogP contribution in [-0.2, 0) is 11.5 Å². The minimum absolute atomic E-state index is 0.177. The quantitative estimate of drug-likeness (QED) is 0.840. The van der Waals surface area contributed by atoms with E-state index in [2.05, 4.69) is 20.9 Å². The fourth-order valence-corrected chi connectivity index (χ4v) is 3.13. The molecule has 0 radical (unpaired) electrons. The average molecular weight is 316 g/mol. The van der Waals surface area contributed by atoms with Gasteiger partial charge in [0, 0.05) is 21.5 Å². The molecule has 17 heavy (non-hydrogen) atoms. The maximum absolute atomic E-state index is 13.5. The van der Waals surface area contributed by atoms with Gasteiger partial charge >= 0.3 is 0 Å². The zero-order valence-corrected chi connectivity index (χ0v) is 11.6. The number of hydrogen-bond donors (Lipinski definition) is 0. The fraction of sp³-hybridized carbons (Fsp3) is 0.250. The van der Waals surface area contributed by atoms with Gasteiger partial charge in [0.05, 0.1) is 5.69 Å². The van der Waals surface area contributed by atoms with Crippen molar-refractivity contribution in [1.82, 2.24) is 4.98 Å². The summed E-state index contributed by atoms with van der Waals surface area (Å²) in [6, 6.07) is 5.01. The highest BCUT2D eigenvalue weighted by atomic mass is 79.9. The second-order valence-electron chi connectivity index (χ2n) is 3.55. The normalized spacial score (nSPS) is 10.8. The van der Waals surface area contributed by atoms with E-state index < -0.39 is 0 Å². The molecule has 0 fully saturated rings. The summed E-state index contributed by atoms with van der Waals surface area (Å²) in [6.45, 7) is 1.88. The lowest BCUT2D eigenvalue weighted by molar-refractivity contribution is 0.525. The van der Waals surface area contributed by atoms with E-state index in [4.69, 9.17) is 4.42 Å². The predicted octanol–water partition coefficient (Wildman–Crippen LogP) is 4.32. The first-order valence-corrected chi connectivity index (χ1v) is 7.03. The van der Waals surface area contributed by atoms with Crippen LogP contribution in [0.2, 0.25) is 0 Å². The van der Waals surface area contributed by atoms with Crippen molar-refractivity contribution < 1.29 is 8.81 Å². The molecular formula is C12H11BrFNOS. The average Bonchev–Trinajstić information content (AvgIpc) is 2.69.